The van der Waals surface area contributed by atoms with E-state index in [0.717, 1.165) is 5.56 Å². The van der Waals surface area contributed by atoms with Crippen molar-refractivity contribution in [3.63, 3.8) is 0 Å². The van der Waals surface area contributed by atoms with Crippen molar-refractivity contribution in [1.29, 1.82) is 0 Å². The number of halogens is 2. The molecule has 23 heavy (non-hydrogen) atoms. The van der Waals surface area contributed by atoms with Crippen molar-refractivity contribution in [2.45, 2.75) is 6.43 Å². The third kappa shape index (κ3) is 3.98. The second kappa shape index (κ2) is 6.95. The molecule has 0 spiro atoms. The number of alkyl halides is 2. The van der Waals surface area contributed by atoms with Gasteiger partial charge in [-0.25, -0.2) is 8.78 Å². The summed E-state index contributed by atoms with van der Waals surface area (Å²) in [5, 5.41) is 0. The monoisotopic (exact) mass is 324 g/mol. The molecule has 2 heterocycles. The molecule has 0 saturated carbocycles. The summed E-state index contributed by atoms with van der Waals surface area (Å²) in [7, 11) is 0. The predicted octanol–water partition coefficient (Wildman–Crippen LogP) is 1.84. The van der Waals surface area contributed by atoms with Gasteiger partial charge in [-0.2, -0.15) is 0 Å². The summed E-state index contributed by atoms with van der Waals surface area (Å²) in [6.07, 6.45) is 0.888. The molecule has 0 aliphatic carbocycles. The van der Waals surface area contributed by atoms with Crippen LogP contribution in [0.4, 0.5) is 8.78 Å². The zero-order valence-electron chi connectivity index (χ0n) is 12.6. The van der Waals surface area contributed by atoms with Crippen LogP contribution < -0.4 is 9.47 Å². The highest BCUT2D eigenvalue weighted by Gasteiger charge is 2.21. The van der Waals surface area contributed by atoms with Crippen LogP contribution in [0.5, 0.6) is 11.5 Å². The number of amides is 1. The Balaban J connectivity index is 1.53. The molecule has 1 aromatic carbocycles. The molecule has 0 N–H and O–H groups in total. The summed E-state index contributed by atoms with van der Waals surface area (Å²) in [4.78, 5) is 15.5. The average molecular weight is 324 g/mol. The van der Waals surface area contributed by atoms with Crippen LogP contribution in [0.3, 0.4) is 0 Å². The van der Waals surface area contributed by atoms with Crippen LogP contribution in [0.2, 0.25) is 0 Å². The third-order valence-electron chi connectivity index (χ3n) is 3.90. The van der Waals surface area contributed by atoms with E-state index in [-0.39, 0.29) is 19.2 Å². The number of nitrogens with zero attached hydrogens (tertiary/aromatic N) is 2. The molecule has 1 fully saturated rings. The van der Waals surface area contributed by atoms with Gasteiger partial charge in [-0.05, 0) is 23.8 Å². The molecular weight excluding hydrogens is 306 g/mol. The fourth-order valence-corrected chi connectivity index (χ4v) is 2.64. The number of hydrogen-bond acceptors (Lipinski definition) is 4. The van der Waals surface area contributed by atoms with Gasteiger partial charge in [0.2, 0.25) is 12.7 Å². The first-order chi connectivity index (χ1) is 11.1. The van der Waals surface area contributed by atoms with Crippen LogP contribution in [0.25, 0.3) is 6.08 Å². The van der Waals surface area contributed by atoms with Gasteiger partial charge in [-0.1, -0.05) is 6.07 Å². The number of hydrogen-bond donors (Lipinski definition) is 0. The molecule has 0 atom stereocenters. The van der Waals surface area contributed by atoms with Gasteiger partial charge < -0.3 is 14.4 Å². The second-order valence-electron chi connectivity index (χ2n) is 5.46. The Kier molecular flexibility index (Phi) is 4.76. The average Bonchev–Trinajstić information content (AvgIpc) is 3.00. The smallest absolute Gasteiger partial charge is 0.251 e. The van der Waals surface area contributed by atoms with Crippen molar-refractivity contribution in [2.24, 2.45) is 0 Å². The molecular formula is C16H18F2N2O3. The second-order valence-corrected chi connectivity index (χ2v) is 5.46. The van der Waals surface area contributed by atoms with E-state index < -0.39 is 6.43 Å². The summed E-state index contributed by atoms with van der Waals surface area (Å²) in [6.45, 7) is 1.88. The minimum Gasteiger partial charge on any atom is -0.454 e. The van der Waals surface area contributed by atoms with Gasteiger partial charge in [0.1, 0.15) is 0 Å². The Labute approximate surface area is 133 Å². The molecule has 1 saturated heterocycles. The number of fused-ring (bicyclic) bond motifs is 1. The van der Waals surface area contributed by atoms with E-state index in [2.05, 4.69) is 0 Å². The SMILES string of the molecule is O=C(/C=C\c1ccc2c(c1)OCO2)N1CCN(CC(F)F)CC1. The van der Waals surface area contributed by atoms with Crippen molar-refractivity contribution >= 4 is 12.0 Å². The fraction of sp³-hybridized carbons (Fsp3) is 0.438. The van der Waals surface area contributed by atoms with Crippen LogP contribution in [0.1, 0.15) is 5.56 Å². The van der Waals surface area contributed by atoms with E-state index in [9.17, 15) is 13.6 Å². The maximum atomic E-state index is 12.3. The Bertz CT molecular complexity index is 599. The first-order valence-electron chi connectivity index (χ1n) is 7.49. The highest BCUT2D eigenvalue weighted by atomic mass is 19.3. The Hall–Kier alpha value is -2.15. The third-order valence-corrected chi connectivity index (χ3v) is 3.90. The summed E-state index contributed by atoms with van der Waals surface area (Å²) in [5.41, 5.74) is 0.846. The maximum absolute atomic E-state index is 12.3. The molecule has 2 aliphatic rings. The minimum atomic E-state index is -2.33. The maximum Gasteiger partial charge on any atom is 0.251 e. The summed E-state index contributed by atoms with van der Waals surface area (Å²) < 4.78 is 35.2. The van der Waals surface area contributed by atoms with Gasteiger partial charge in [0.15, 0.2) is 11.5 Å². The first-order valence-corrected chi connectivity index (χ1v) is 7.49. The van der Waals surface area contributed by atoms with Crippen molar-refractivity contribution in [3.8, 4) is 11.5 Å². The van der Waals surface area contributed by atoms with Crippen molar-refractivity contribution < 1.29 is 23.0 Å². The van der Waals surface area contributed by atoms with Crippen molar-refractivity contribution in [3.05, 3.63) is 29.8 Å². The highest BCUT2D eigenvalue weighted by molar-refractivity contribution is 5.92. The molecule has 7 heteroatoms. The van der Waals surface area contributed by atoms with Gasteiger partial charge in [0, 0.05) is 32.3 Å². The van der Waals surface area contributed by atoms with Gasteiger partial charge in [0.05, 0.1) is 6.54 Å². The molecule has 1 amide bonds. The highest BCUT2D eigenvalue weighted by Crippen LogP contribution is 2.32. The van der Waals surface area contributed by atoms with Gasteiger partial charge in [-0.15, -0.1) is 0 Å². The summed E-state index contributed by atoms with van der Waals surface area (Å²) in [6, 6.07) is 5.46. The zero-order valence-corrected chi connectivity index (χ0v) is 12.6. The minimum absolute atomic E-state index is 0.112. The molecule has 5 nitrogen and oxygen atoms in total. The van der Waals surface area contributed by atoms with Crippen LogP contribution in [-0.2, 0) is 4.79 Å². The Morgan fingerprint density at radius 1 is 1.17 bits per heavy atom. The van der Waals surface area contributed by atoms with Crippen molar-refractivity contribution in [1.82, 2.24) is 9.80 Å². The van der Waals surface area contributed by atoms with E-state index in [1.807, 2.05) is 12.1 Å². The molecule has 124 valence electrons. The molecule has 2 aliphatic heterocycles. The fourth-order valence-electron chi connectivity index (χ4n) is 2.64. The lowest BCUT2D eigenvalue weighted by molar-refractivity contribution is -0.127. The predicted molar refractivity (Wildman–Crippen MR) is 80.6 cm³/mol. The number of ether oxygens (including phenoxy) is 2. The molecule has 3 rings (SSSR count). The topological polar surface area (TPSA) is 42.0 Å². The number of carbonyl (C=O) groups is 1. The van der Waals surface area contributed by atoms with Gasteiger partial charge >= 0.3 is 0 Å². The molecule has 0 aromatic heterocycles. The zero-order chi connectivity index (χ0) is 16.2. The van der Waals surface area contributed by atoms with E-state index in [1.54, 1.807) is 21.9 Å². The van der Waals surface area contributed by atoms with Crippen LogP contribution >= 0.6 is 0 Å². The summed E-state index contributed by atoms with van der Waals surface area (Å²) in [5.74, 6) is 1.25. The van der Waals surface area contributed by atoms with Crippen molar-refractivity contribution in [2.75, 3.05) is 39.5 Å². The van der Waals surface area contributed by atoms with Gasteiger partial charge in [-0.3, -0.25) is 9.69 Å². The lowest BCUT2D eigenvalue weighted by atomic mass is 10.2. The molecule has 1 aromatic rings. The van der Waals surface area contributed by atoms with Crippen LogP contribution in [0.15, 0.2) is 24.3 Å². The lowest BCUT2D eigenvalue weighted by Crippen LogP contribution is -2.49. The van der Waals surface area contributed by atoms with E-state index in [4.69, 9.17) is 9.47 Å². The normalized spacial score (nSPS) is 18.1. The molecule has 0 bridgehead atoms. The number of benzene rings is 1. The van der Waals surface area contributed by atoms with Crippen LogP contribution in [-0.4, -0.2) is 61.6 Å². The van der Waals surface area contributed by atoms with E-state index in [1.165, 1.54) is 6.08 Å². The molecule has 0 radical (unpaired) electrons. The standard InChI is InChI=1S/C16H18F2N2O3/c17-15(18)10-19-5-7-20(8-6-19)16(21)4-2-12-1-3-13-14(9-12)23-11-22-13/h1-4,9,15H,5-8,10-11H2/b4-2-. The van der Waals surface area contributed by atoms with Gasteiger partial charge in [0.25, 0.3) is 6.43 Å². The first kappa shape index (κ1) is 15.7. The van der Waals surface area contributed by atoms with E-state index >= 15 is 0 Å². The largest absolute Gasteiger partial charge is 0.454 e. The van der Waals surface area contributed by atoms with Crippen LogP contribution in [0, 0.1) is 0 Å². The Morgan fingerprint density at radius 3 is 2.65 bits per heavy atom. The summed E-state index contributed by atoms with van der Waals surface area (Å²) >= 11 is 0. The quantitative estimate of drug-likeness (QED) is 0.793. The number of rotatable bonds is 4. The van der Waals surface area contributed by atoms with E-state index in [0.29, 0.717) is 37.7 Å². The lowest BCUT2D eigenvalue weighted by Gasteiger charge is -2.33. The number of carbonyl (C=O) groups excluding carboxylic acids is 1. The number of piperazine rings is 1. The Morgan fingerprint density at radius 2 is 1.91 bits per heavy atom. The molecule has 0 unspecified atom stereocenters.